The fourth-order valence-electron chi connectivity index (χ4n) is 2.55. The molecule has 0 fully saturated rings. The van der Waals surface area contributed by atoms with Crippen molar-refractivity contribution in [3.63, 3.8) is 0 Å². The first kappa shape index (κ1) is 14.3. The normalized spacial score (nSPS) is 11.6. The van der Waals surface area contributed by atoms with E-state index in [-0.39, 0.29) is 11.7 Å². The van der Waals surface area contributed by atoms with E-state index in [1.165, 1.54) is 12.1 Å². The van der Waals surface area contributed by atoms with Crippen molar-refractivity contribution in [2.75, 3.05) is 5.32 Å². The Morgan fingerprint density at radius 2 is 1.86 bits per heavy atom. The molecule has 0 unspecified atom stereocenters. The van der Waals surface area contributed by atoms with E-state index in [0.29, 0.717) is 5.52 Å². The van der Waals surface area contributed by atoms with Crippen LogP contribution in [0.4, 0.5) is 10.1 Å². The number of rotatable bonds is 3. The molecule has 3 nitrogen and oxygen atoms in total. The lowest BCUT2D eigenvalue weighted by Crippen LogP contribution is -2.34. The summed E-state index contributed by atoms with van der Waals surface area (Å²) in [5.74, 6) is -0.406. The minimum absolute atomic E-state index is 0.107. The first-order valence-corrected chi connectivity index (χ1v) is 7.12. The summed E-state index contributed by atoms with van der Waals surface area (Å²) in [4.78, 5) is 15.7. The molecule has 0 bridgehead atoms. The molecule has 0 radical (unpaired) electrons. The molecule has 1 aromatic heterocycles. The second-order valence-corrected chi connectivity index (χ2v) is 5.84. The van der Waals surface area contributed by atoms with Crippen LogP contribution in [0.15, 0.2) is 54.7 Å². The molecule has 0 atom stereocenters. The monoisotopic (exact) mass is 296 g/mol. The molecule has 2 N–H and O–H groups in total. The minimum Gasteiger partial charge on any atom is -0.361 e. The van der Waals surface area contributed by atoms with Crippen LogP contribution in [0.3, 0.4) is 0 Å². The Bertz CT molecular complexity index is 821. The highest BCUT2D eigenvalue weighted by atomic mass is 19.1. The highest BCUT2D eigenvalue weighted by Crippen LogP contribution is 2.31. The number of carbonyl (C=O) groups is 1. The minimum atomic E-state index is -0.744. The summed E-state index contributed by atoms with van der Waals surface area (Å²) in [6.07, 6.45) is 1.77. The maximum Gasteiger partial charge on any atom is 0.234 e. The zero-order valence-electron chi connectivity index (χ0n) is 12.5. The summed E-state index contributed by atoms with van der Waals surface area (Å²) < 4.78 is 13.3. The molecule has 0 saturated heterocycles. The van der Waals surface area contributed by atoms with Crippen molar-refractivity contribution in [3.8, 4) is 0 Å². The van der Waals surface area contributed by atoms with Gasteiger partial charge in [0.05, 0.1) is 5.41 Å². The van der Waals surface area contributed by atoms with Crippen molar-refractivity contribution in [1.82, 2.24) is 4.98 Å². The van der Waals surface area contributed by atoms with Gasteiger partial charge in [-0.1, -0.05) is 18.2 Å². The second-order valence-electron chi connectivity index (χ2n) is 5.84. The van der Waals surface area contributed by atoms with Crippen molar-refractivity contribution in [1.29, 1.82) is 0 Å². The van der Waals surface area contributed by atoms with E-state index >= 15 is 0 Å². The molecule has 0 aliphatic carbocycles. The molecule has 1 amide bonds. The number of anilines is 1. The van der Waals surface area contributed by atoms with Crippen LogP contribution in [0.2, 0.25) is 0 Å². The molecule has 4 heteroatoms. The Kier molecular flexibility index (Phi) is 3.45. The van der Waals surface area contributed by atoms with Gasteiger partial charge in [0.15, 0.2) is 0 Å². The van der Waals surface area contributed by atoms with Crippen molar-refractivity contribution in [3.05, 3.63) is 66.1 Å². The van der Waals surface area contributed by atoms with Crippen molar-refractivity contribution in [2.45, 2.75) is 19.3 Å². The summed E-state index contributed by atoms with van der Waals surface area (Å²) in [6.45, 7) is 3.72. The van der Waals surface area contributed by atoms with E-state index in [0.717, 1.165) is 16.6 Å². The van der Waals surface area contributed by atoms with Gasteiger partial charge in [-0.05, 0) is 49.7 Å². The third kappa shape index (κ3) is 2.48. The van der Waals surface area contributed by atoms with E-state index in [1.54, 1.807) is 12.3 Å². The molecule has 2 aromatic carbocycles. The summed E-state index contributed by atoms with van der Waals surface area (Å²) >= 11 is 0. The summed E-state index contributed by atoms with van der Waals surface area (Å²) in [6, 6.07) is 13.9. The number of aromatic nitrogens is 1. The summed E-state index contributed by atoms with van der Waals surface area (Å²) in [7, 11) is 0. The van der Waals surface area contributed by atoms with E-state index in [9.17, 15) is 9.18 Å². The Hall–Kier alpha value is -2.62. The van der Waals surface area contributed by atoms with Gasteiger partial charge in [-0.25, -0.2) is 4.39 Å². The molecular formula is C18H17FN2O. The molecule has 1 heterocycles. The first-order chi connectivity index (χ1) is 10.5. The van der Waals surface area contributed by atoms with Crippen LogP contribution in [-0.4, -0.2) is 10.9 Å². The lowest BCUT2D eigenvalue weighted by molar-refractivity contribution is -0.120. The number of carbonyl (C=O) groups excluding carboxylic acids is 1. The average molecular weight is 296 g/mol. The van der Waals surface area contributed by atoms with E-state index in [4.69, 9.17) is 0 Å². The van der Waals surface area contributed by atoms with Gasteiger partial charge in [-0.3, -0.25) is 4.79 Å². The average Bonchev–Trinajstić information content (AvgIpc) is 2.91. The van der Waals surface area contributed by atoms with Crippen molar-refractivity contribution in [2.24, 2.45) is 0 Å². The molecule has 22 heavy (non-hydrogen) atoms. The number of hydrogen-bond acceptors (Lipinski definition) is 1. The number of para-hydroxylation sites is 1. The number of halogens is 1. The van der Waals surface area contributed by atoms with Crippen LogP contribution >= 0.6 is 0 Å². The van der Waals surface area contributed by atoms with Gasteiger partial charge in [0.2, 0.25) is 5.91 Å². The molecule has 0 aliphatic heterocycles. The standard InChI is InChI=1S/C18H17FN2O/c1-18(2,17(22)21-13-6-4-3-5-7-13)15-11-20-16-10-12(19)8-9-14(15)16/h3-11,20H,1-2H3,(H,21,22). The van der Waals surface area contributed by atoms with Crippen LogP contribution in [0, 0.1) is 5.82 Å². The van der Waals surface area contributed by atoms with Crippen LogP contribution in [0.5, 0.6) is 0 Å². The summed E-state index contributed by atoms with van der Waals surface area (Å²) in [5, 5.41) is 3.78. The van der Waals surface area contributed by atoms with E-state index < -0.39 is 5.41 Å². The van der Waals surface area contributed by atoms with Crippen molar-refractivity contribution < 1.29 is 9.18 Å². The number of nitrogens with one attached hydrogen (secondary N) is 2. The Morgan fingerprint density at radius 1 is 1.14 bits per heavy atom. The van der Waals surface area contributed by atoms with Gasteiger partial charge < -0.3 is 10.3 Å². The number of amides is 1. The largest absolute Gasteiger partial charge is 0.361 e. The van der Waals surface area contributed by atoms with Crippen LogP contribution in [0.25, 0.3) is 10.9 Å². The van der Waals surface area contributed by atoms with Gasteiger partial charge >= 0.3 is 0 Å². The SMILES string of the molecule is CC(C)(C(=O)Nc1ccccc1)c1c[nH]c2cc(F)ccc12. The lowest BCUT2D eigenvalue weighted by atomic mass is 9.83. The molecular weight excluding hydrogens is 279 g/mol. The number of benzene rings is 2. The Balaban J connectivity index is 1.95. The second kappa shape index (κ2) is 5.30. The van der Waals surface area contributed by atoms with Crippen LogP contribution in [-0.2, 0) is 10.2 Å². The fraction of sp³-hybridized carbons (Fsp3) is 0.167. The molecule has 0 aliphatic rings. The van der Waals surface area contributed by atoms with E-state index in [2.05, 4.69) is 10.3 Å². The predicted octanol–water partition coefficient (Wildman–Crippen LogP) is 4.22. The van der Waals surface area contributed by atoms with Crippen LogP contribution < -0.4 is 5.32 Å². The van der Waals surface area contributed by atoms with Gasteiger partial charge in [-0.15, -0.1) is 0 Å². The summed E-state index contributed by atoms with van der Waals surface area (Å²) in [5.41, 5.74) is 1.55. The number of fused-ring (bicyclic) bond motifs is 1. The van der Waals surface area contributed by atoms with Crippen LogP contribution in [0.1, 0.15) is 19.4 Å². The molecule has 0 saturated carbocycles. The Morgan fingerprint density at radius 3 is 2.59 bits per heavy atom. The molecule has 0 spiro atoms. The fourth-order valence-corrected chi connectivity index (χ4v) is 2.55. The highest BCUT2D eigenvalue weighted by Gasteiger charge is 2.32. The zero-order chi connectivity index (χ0) is 15.7. The van der Waals surface area contributed by atoms with Gasteiger partial charge in [0, 0.05) is 22.8 Å². The predicted molar refractivity (Wildman–Crippen MR) is 86.4 cm³/mol. The topological polar surface area (TPSA) is 44.9 Å². The molecule has 3 aromatic rings. The smallest absolute Gasteiger partial charge is 0.234 e. The maximum atomic E-state index is 13.3. The Labute approximate surface area is 128 Å². The number of H-pyrrole nitrogens is 1. The lowest BCUT2D eigenvalue weighted by Gasteiger charge is -2.23. The third-order valence-electron chi connectivity index (χ3n) is 3.92. The molecule has 112 valence electrons. The van der Waals surface area contributed by atoms with Gasteiger partial charge in [-0.2, -0.15) is 0 Å². The quantitative estimate of drug-likeness (QED) is 0.746. The van der Waals surface area contributed by atoms with E-state index in [1.807, 2.05) is 44.2 Å². The molecule has 3 rings (SSSR count). The highest BCUT2D eigenvalue weighted by molar-refractivity contribution is 6.01. The van der Waals surface area contributed by atoms with Crippen molar-refractivity contribution >= 4 is 22.5 Å². The first-order valence-electron chi connectivity index (χ1n) is 7.12. The third-order valence-corrected chi connectivity index (χ3v) is 3.92. The maximum absolute atomic E-state index is 13.3. The number of hydrogen-bond donors (Lipinski definition) is 2. The number of aromatic amines is 1. The van der Waals surface area contributed by atoms with Gasteiger partial charge in [0.1, 0.15) is 5.82 Å². The zero-order valence-corrected chi connectivity index (χ0v) is 12.5. The van der Waals surface area contributed by atoms with Gasteiger partial charge in [0.25, 0.3) is 0 Å².